The summed E-state index contributed by atoms with van der Waals surface area (Å²) in [5.74, 6) is -0.419. The molecule has 1 atom stereocenters. The molecule has 158 valence electrons. The van der Waals surface area contributed by atoms with E-state index < -0.39 is 22.9 Å². The van der Waals surface area contributed by atoms with E-state index in [0.717, 1.165) is 34.1 Å². The van der Waals surface area contributed by atoms with Gasteiger partial charge in [-0.2, -0.15) is 10.2 Å². The molecule has 1 unspecified atom stereocenters. The van der Waals surface area contributed by atoms with Crippen molar-refractivity contribution in [2.24, 2.45) is 22.5 Å². The van der Waals surface area contributed by atoms with Crippen LogP contribution in [0.3, 0.4) is 0 Å². The Morgan fingerprint density at radius 1 is 1.23 bits per heavy atom. The highest BCUT2D eigenvalue weighted by Crippen LogP contribution is 2.14. The minimum Gasteiger partial charge on any atom is -0.307 e. The summed E-state index contributed by atoms with van der Waals surface area (Å²) in [6.07, 6.45) is 4.22. The molecule has 10 heteroatoms. The van der Waals surface area contributed by atoms with Crippen molar-refractivity contribution in [1.29, 1.82) is 0 Å². The number of benzene rings is 1. The lowest BCUT2D eigenvalue weighted by Gasteiger charge is -2.11. The molecule has 1 N–H and O–H groups in total. The van der Waals surface area contributed by atoms with Gasteiger partial charge in [0, 0.05) is 13.5 Å². The molecule has 0 saturated heterocycles. The lowest BCUT2D eigenvalue weighted by atomic mass is 10.1. The largest absolute Gasteiger partial charge is 0.351 e. The van der Waals surface area contributed by atoms with Gasteiger partial charge in [-0.15, -0.1) is 5.10 Å². The van der Waals surface area contributed by atoms with Gasteiger partial charge in [-0.1, -0.05) is 37.5 Å². The zero-order chi connectivity index (χ0) is 21.7. The minimum atomic E-state index is -0.795. The predicted molar refractivity (Wildman–Crippen MR) is 112 cm³/mol. The summed E-state index contributed by atoms with van der Waals surface area (Å²) >= 11 is 0. The maximum Gasteiger partial charge on any atom is 0.351 e. The zero-order valence-electron chi connectivity index (χ0n) is 17.3. The molecule has 0 spiro atoms. The normalized spacial score (nSPS) is 16.1. The Bertz CT molecular complexity index is 1100. The summed E-state index contributed by atoms with van der Waals surface area (Å²) in [6.45, 7) is 4.01. The van der Waals surface area contributed by atoms with E-state index in [9.17, 15) is 14.4 Å². The molecule has 2 heterocycles. The second-order valence-electron chi connectivity index (χ2n) is 7.27. The van der Waals surface area contributed by atoms with Gasteiger partial charge in [0.1, 0.15) is 5.84 Å². The van der Waals surface area contributed by atoms with Gasteiger partial charge in [0.25, 0.3) is 11.5 Å². The second-order valence-corrected chi connectivity index (χ2v) is 7.27. The van der Waals surface area contributed by atoms with Crippen molar-refractivity contribution in [3.8, 4) is 5.69 Å². The number of carbonyl (C=O) groups excluding carboxylic acids is 1. The van der Waals surface area contributed by atoms with Crippen molar-refractivity contribution in [2.45, 2.75) is 52.0 Å². The van der Waals surface area contributed by atoms with Crippen LogP contribution in [0.15, 0.2) is 49.3 Å². The molecule has 0 fully saturated rings. The van der Waals surface area contributed by atoms with Crippen molar-refractivity contribution < 1.29 is 4.79 Å². The molecule has 0 bridgehead atoms. The maximum absolute atomic E-state index is 12.9. The van der Waals surface area contributed by atoms with Crippen molar-refractivity contribution in [3.63, 3.8) is 0 Å². The first-order valence-corrected chi connectivity index (χ1v) is 9.96. The highest BCUT2D eigenvalue weighted by Gasteiger charge is 2.22. The third kappa shape index (κ3) is 4.76. The molecule has 1 aliphatic rings. The molecule has 1 aromatic heterocycles. The first kappa shape index (κ1) is 21.3. The first-order chi connectivity index (χ1) is 14.4. The van der Waals surface area contributed by atoms with Crippen LogP contribution in [0, 0.1) is 6.92 Å². The zero-order valence-corrected chi connectivity index (χ0v) is 17.3. The summed E-state index contributed by atoms with van der Waals surface area (Å²) in [4.78, 5) is 38.1. The van der Waals surface area contributed by atoms with E-state index in [1.54, 1.807) is 24.3 Å². The first-order valence-electron chi connectivity index (χ1n) is 9.96. The van der Waals surface area contributed by atoms with Gasteiger partial charge in [-0.25, -0.2) is 14.0 Å². The molecular weight excluding hydrogens is 386 g/mol. The predicted octanol–water partition coefficient (Wildman–Crippen LogP) is 2.09. The monoisotopic (exact) mass is 411 g/mol. The number of nitrogens with zero attached hydrogens (tertiary/aromatic N) is 6. The third-order valence-electron chi connectivity index (χ3n) is 4.87. The second kappa shape index (κ2) is 9.38. The van der Waals surface area contributed by atoms with E-state index in [1.807, 2.05) is 6.92 Å². The SMILES string of the molecule is CCCCC1CCC(NC(=O)c2nn(C)c(=O)n(-c3ccc(C)cc3)c2=O)=NN=N1. The summed E-state index contributed by atoms with van der Waals surface area (Å²) in [5, 5.41) is 18.4. The number of unbranched alkanes of at least 4 members (excludes halogenated alkanes) is 1. The van der Waals surface area contributed by atoms with Crippen molar-refractivity contribution in [3.05, 3.63) is 56.4 Å². The van der Waals surface area contributed by atoms with Crippen LogP contribution in [0.2, 0.25) is 0 Å². The Labute approximate surface area is 173 Å². The van der Waals surface area contributed by atoms with E-state index in [1.165, 1.54) is 7.05 Å². The topological polar surface area (TPSA) is 123 Å². The molecule has 3 rings (SSSR count). The minimum absolute atomic E-state index is 0.0672. The number of nitrogens with one attached hydrogen (secondary N) is 1. The molecule has 1 aliphatic heterocycles. The van der Waals surface area contributed by atoms with Crippen LogP contribution in [0.25, 0.3) is 5.69 Å². The van der Waals surface area contributed by atoms with E-state index in [2.05, 4.69) is 32.8 Å². The Hall–Kier alpha value is -3.43. The number of amidine groups is 1. The van der Waals surface area contributed by atoms with Gasteiger partial charge in [0.15, 0.2) is 0 Å². The standard InChI is InChI=1S/C20H25N7O3/c1-4-5-6-14-9-12-16(23-25-22-14)21-18(28)17-19(29)27(20(30)26(3)24-17)15-10-7-13(2)8-11-15/h7-8,10-11,14H,4-6,9,12H2,1-3H3,(H,21,22,23,28). The molecule has 0 aliphatic carbocycles. The van der Waals surface area contributed by atoms with Crippen LogP contribution < -0.4 is 16.6 Å². The lowest BCUT2D eigenvalue weighted by Crippen LogP contribution is -2.45. The third-order valence-corrected chi connectivity index (χ3v) is 4.87. The fourth-order valence-corrected chi connectivity index (χ4v) is 3.12. The number of hydrogen-bond donors (Lipinski definition) is 1. The Morgan fingerprint density at radius 3 is 2.67 bits per heavy atom. The van der Waals surface area contributed by atoms with Crippen LogP contribution in [-0.2, 0) is 7.05 Å². The highest BCUT2D eigenvalue weighted by atomic mass is 16.2. The van der Waals surface area contributed by atoms with Gasteiger partial charge in [-0.3, -0.25) is 9.59 Å². The van der Waals surface area contributed by atoms with E-state index in [-0.39, 0.29) is 6.04 Å². The van der Waals surface area contributed by atoms with Gasteiger partial charge in [0.05, 0.1) is 11.7 Å². The van der Waals surface area contributed by atoms with Crippen LogP contribution in [0.5, 0.6) is 0 Å². The van der Waals surface area contributed by atoms with E-state index in [0.29, 0.717) is 24.4 Å². The molecule has 1 amide bonds. The van der Waals surface area contributed by atoms with Crippen LogP contribution in [0.1, 0.15) is 55.1 Å². The van der Waals surface area contributed by atoms with Gasteiger partial charge in [0.2, 0.25) is 5.69 Å². The van der Waals surface area contributed by atoms with Crippen molar-refractivity contribution in [1.82, 2.24) is 19.7 Å². The van der Waals surface area contributed by atoms with Crippen LogP contribution >= 0.6 is 0 Å². The molecule has 1 aromatic carbocycles. The smallest absolute Gasteiger partial charge is 0.307 e. The number of rotatable bonds is 5. The summed E-state index contributed by atoms with van der Waals surface area (Å²) in [6, 6.07) is 6.92. The van der Waals surface area contributed by atoms with Crippen molar-refractivity contribution in [2.75, 3.05) is 0 Å². The van der Waals surface area contributed by atoms with Gasteiger partial charge >= 0.3 is 5.69 Å². The van der Waals surface area contributed by atoms with E-state index in [4.69, 9.17) is 0 Å². The quantitative estimate of drug-likeness (QED) is 0.809. The van der Waals surface area contributed by atoms with E-state index >= 15 is 0 Å². The number of carbonyl (C=O) groups is 1. The molecule has 10 nitrogen and oxygen atoms in total. The fourth-order valence-electron chi connectivity index (χ4n) is 3.12. The highest BCUT2D eigenvalue weighted by molar-refractivity contribution is 6.05. The average Bonchev–Trinajstić information content (AvgIpc) is 2.95. The maximum atomic E-state index is 12.9. The Balaban J connectivity index is 1.84. The fraction of sp³-hybridized carbons (Fsp3) is 0.450. The molecular formula is C20H25N7O3. The summed E-state index contributed by atoms with van der Waals surface area (Å²) in [5.41, 5.74) is -0.490. The molecule has 2 aromatic rings. The number of hydrogen-bond acceptors (Lipinski definition) is 7. The number of aryl methyl sites for hydroxylation is 2. The Kier molecular flexibility index (Phi) is 6.65. The van der Waals surface area contributed by atoms with Crippen molar-refractivity contribution >= 4 is 11.7 Å². The molecule has 0 saturated carbocycles. The number of aromatic nitrogens is 3. The summed E-state index contributed by atoms with van der Waals surface area (Å²) in [7, 11) is 1.39. The molecule has 30 heavy (non-hydrogen) atoms. The Morgan fingerprint density at radius 2 is 1.97 bits per heavy atom. The lowest BCUT2D eigenvalue weighted by molar-refractivity contribution is 0.0966. The number of amides is 1. The van der Waals surface area contributed by atoms with Crippen LogP contribution in [-0.4, -0.2) is 32.1 Å². The summed E-state index contributed by atoms with van der Waals surface area (Å²) < 4.78 is 1.89. The van der Waals surface area contributed by atoms with Gasteiger partial charge in [-0.05, 0) is 37.1 Å². The molecule has 0 radical (unpaired) electrons. The average molecular weight is 411 g/mol. The van der Waals surface area contributed by atoms with Crippen LogP contribution in [0.4, 0.5) is 0 Å². The van der Waals surface area contributed by atoms with Gasteiger partial charge < -0.3 is 5.32 Å².